The number of carbonyl (C=O) groups excluding carboxylic acids is 1. The van der Waals surface area contributed by atoms with Crippen molar-refractivity contribution in [3.05, 3.63) is 29.6 Å². The van der Waals surface area contributed by atoms with Gasteiger partial charge in [-0.15, -0.1) is 0 Å². The number of amides is 1. The van der Waals surface area contributed by atoms with E-state index in [1.807, 2.05) is 0 Å². The molecule has 2 unspecified atom stereocenters. The van der Waals surface area contributed by atoms with E-state index in [0.717, 1.165) is 12.3 Å². The lowest BCUT2D eigenvalue weighted by Crippen LogP contribution is -2.53. The smallest absolute Gasteiger partial charge is 0.433 e. The Hall–Kier alpha value is -1.83. The number of alkyl halides is 3. The fourth-order valence-electron chi connectivity index (χ4n) is 3.95. The van der Waals surface area contributed by atoms with Crippen LogP contribution in [0, 0.1) is 0 Å². The van der Waals surface area contributed by atoms with Crippen molar-refractivity contribution < 1.29 is 27.8 Å². The molecule has 2 bridgehead atoms. The number of pyridine rings is 1. The molecule has 1 aromatic heterocycles. The number of carbonyl (C=O) groups is 1. The van der Waals surface area contributed by atoms with Crippen LogP contribution in [0.1, 0.15) is 57.7 Å². The molecule has 0 aliphatic carbocycles. The van der Waals surface area contributed by atoms with Gasteiger partial charge in [-0.05, 0) is 51.3 Å². The monoisotopic (exact) mass is 372 g/mol. The van der Waals surface area contributed by atoms with Gasteiger partial charge in [0.25, 0.3) is 0 Å². The molecule has 5 nitrogen and oxygen atoms in total. The summed E-state index contributed by atoms with van der Waals surface area (Å²) in [5, 5.41) is 11.1. The van der Waals surface area contributed by atoms with Crippen LogP contribution in [0.5, 0.6) is 0 Å². The maximum absolute atomic E-state index is 12.9. The molecule has 0 aromatic carbocycles. The summed E-state index contributed by atoms with van der Waals surface area (Å²) in [6.45, 7) is 5.34. The predicted molar refractivity (Wildman–Crippen MR) is 87.3 cm³/mol. The molecule has 3 rings (SSSR count). The lowest BCUT2D eigenvalue weighted by atomic mass is 9.80. The second kappa shape index (κ2) is 6.11. The van der Waals surface area contributed by atoms with E-state index >= 15 is 0 Å². The lowest BCUT2D eigenvalue weighted by molar-refractivity contribution is -0.141. The molecule has 2 aliphatic rings. The predicted octanol–water partition coefficient (Wildman–Crippen LogP) is 3.85. The van der Waals surface area contributed by atoms with Gasteiger partial charge in [-0.25, -0.2) is 4.79 Å². The van der Waals surface area contributed by atoms with Crippen molar-refractivity contribution in [2.75, 3.05) is 0 Å². The first-order valence-corrected chi connectivity index (χ1v) is 8.66. The summed E-state index contributed by atoms with van der Waals surface area (Å²) >= 11 is 0. The maximum Gasteiger partial charge on any atom is 0.433 e. The van der Waals surface area contributed by atoms with Crippen LogP contribution >= 0.6 is 0 Å². The molecule has 2 saturated heterocycles. The summed E-state index contributed by atoms with van der Waals surface area (Å²) < 4.78 is 44.3. The standard InChI is InChI=1S/C18H23F3N2O3/c1-16(2,3)26-15(24)23-12-4-5-13(23)10-17(25,9-12)11-6-7-22-14(8-11)18(19,20)21/h6-8,12-13,25H,4-5,9-10H2,1-3H3. The molecule has 144 valence electrons. The highest BCUT2D eigenvalue weighted by Crippen LogP contribution is 2.46. The third-order valence-electron chi connectivity index (χ3n) is 4.96. The van der Waals surface area contributed by atoms with Gasteiger partial charge >= 0.3 is 12.3 Å². The van der Waals surface area contributed by atoms with Crippen LogP contribution in [0.2, 0.25) is 0 Å². The maximum atomic E-state index is 12.9. The number of nitrogens with zero attached hydrogens (tertiary/aromatic N) is 2. The third kappa shape index (κ3) is 3.65. The van der Waals surface area contributed by atoms with Gasteiger partial charge in [0.15, 0.2) is 0 Å². The number of hydrogen-bond donors (Lipinski definition) is 1. The highest BCUT2D eigenvalue weighted by atomic mass is 19.4. The third-order valence-corrected chi connectivity index (χ3v) is 4.96. The zero-order chi connectivity index (χ0) is 19.3. The Kier molecular flexibility index (Phi) is 4.45. The van der Waals surface area contributed by atoms with Crippen molar-refractivity contribution in [1.29, 1.82) is 0 Å². The highest BCUT2D eigenvalue weighted by molar-refractivity contribution is 5.69. The van der Waals surface area contributed by atoms with Crippen molar-refractivity contribution >= 4 is 6.09 Å². The number of aromatic nitrogens is 1. The van der Waals surface area contributed by atoms with Gasteiger partial charge in [-0.3, -0.25) is 4.98 Å². The molecule has 0 spiro atoms. The molecule has 0 radical (unpaired) electrons. The second-order valence-electron chi connectivity index (χ2n) is 8.14. The largest absolute Gasteiger partial charge is 0.444 e. The van der Waals surface area contributed by atoms with E-state index in [-0.39, 0.29) is 30.5 Å². The Labute approximate surface area is 150 Å². The minimum atomic E-state index is -4.57. The SMILES string of the molecule is CC(C)(C)OC(=O)N1C2CCC1CC(O)(c1ccnc(C(F)(F)F)c1)C2. The van der Waals surface area contributed by atoms with E-state index in [2.05, 4.69) is 4.98 Å². The first-order valence-electron chi connectivity index (χ1n) is 8.66. The number of piperidine rings is 1. The minimum Gasteiger partial charge on any atom is -0.444 e. The fourth-order valence-corrected chi connectivity index (χ4v) is 3.95. The summed E-state index contributed by atoms with van der Waals surface area (Å²) in [7, 11) is 0. The Morgan fingerprint density at radius 3 is 2.35 bits per heavy atom. The lowest BCUT2D eigenvalue weighted by Gasteiger charge is -2.44. The number of ether oxygens (including phenoxy) is 1. The van der Waals surface area contributed by atoms with E-state index in [9.17, 15) is 23.1 Å². The van der Waals surface area contributed by atoms with E-state index in [1.165, 1.54) is 6.07 Å². The van der Waals surface area contributed by atoms with Gasteiger partial charge in [-0.1, -0.05) is 0 Å². The van der Waals surface area contributed by atoms with Crippen LogP contribution in [-0.4, -0.2) is 38.8 Å². The summed E-state index contributed by atoms with van der Waals surface area (Å²) in [6.07, 6.45) is -2.17. The van der Waals surface area contributed by atoms with Crippen molar-refractivity contribution in [3.63, 3.8) is 0 Å². The number of fused-ring (bicyclic) bond motifs is 2. The van der Waals surface area contributed by atoms with Gasteiger partial charge in [0.2, 0.25) is 0 Å². The molecule has 0 saturated carbocycles. The second-order valence-corrected chi connectivity index (χ2v) is 8.14. The molecule has 2 atom stereocenters. The average Bonchev–Trinajstić information content (AvgIpc) is 2.78. The summed E-state index contributed by atoms with van der Waals surface area (Å²) in [5.41, 5.74) is -2.87. The zero-order valence-corrected chi connectivity index (χ0v) is 15.0. The Morgan fingerprint density at radius 2 is 1.85 bits per heavy atom. The van der Waals surface area contributed by atoms with Crippen LogP contribution in [0.3, 0.4) is 0 Å². The first kappa shape index (κ1) is 18.9. The highest BCUT2D eigenvalue weighted by Gasteiger charge is 2.51. The number of aliphatic hydroxyl groups is 1. The van der Waals surface area contributed by atoms with Crippen LogP contribution in [0.15, 0.2) is 18.3 Å². The molecular weight excluding hydrogens is 349 g/mol. The molecular formula is C18H23F3N2O3. The van der Waals surface area contributed by atoms with Crippen LogP contribution in [0.4, 0.5) is 18.0 Å². The van der Waals surface area contributed by atoms with Gasteiger partial charge < -0.3 is 14.7 Å². The van der Waals surface area contributed by atoms with Crippen molar-refractivity contribution in [1.82, 2.24) is 9.88 Å². The molecule has 1 aromatic rings. The number of halogens is 3. The molecule has 2 aliphatic heterocycles. The van der Waals surface area contributed by atoms with Crippen molar-refractivity contribution in [2.24, 2.45) is 0 Å². The molecule has 3 heterocycles. The quantitative estimate of drug-likeness (QED) is 0.813. The van der Waals surface area contributed by atoms with E-state index in [1.54, 1.807) is 25.7 Å². The molecule has 26 heavy (non-hydrogen) atoms. The molecule has 8 heteroatoms. The molecule has 2 fully saturated rings. The first-order chi connectivity index (χ1) is 11.9. The van der Waals surface area contributed by atoms with Gasteiger partial charge in [0.1, 0.15) is 11.3 Å². The number of rotatable bonds is 1. The van der Waals surface area contributed by atoms with Crippen molar-refractivity contribution in [3.8, 4) is 0 Å². The van der Waals surface area contributed by atoms with Gasteiger partial charge in [-0.2, -0.15) is 13.2 Å². The topological polar surface area (TPSA) is 62.7 Å². The van der Waals surface area contributed by atoms with Crippen LogP contribution < -0.4 is 0 Å². The number of hydrogen-bond acceptors (Lipinski definition) is 4. The fraction of sp³-hybridized carbons (Fsp3) is 0.667. The summed E-state index contributed by atoms with van der Waals surface area (Å²) in [6, 6.07) is 1.81. The Bertz CT molecular complexity index is 686. The summed E-state index contributed by atoms with van der Waals surface area (Å²) in [4.78, 5) is 17.5. The molecule has 1 amide bonds. The van der Waals surface area contributed by atoms with Crippen LogP contribution in [-0.2, 0) is 16.5 Å². The van der Waals surface area contributed by atoms with E-state index < -0.39 is 29.2 Å². The van der Waals surface area contributed by atoms with Crippen LogP contribution in [0.25, 0.3) is 0 Å². The Balaban J connectivity index is 1.83. The van der Waals surface area contributed by atoms with Gasteiger partial charge in [0, 0.05) is 31.1 Å². The normalized spacial score (nSPS) is 29.0. The Morgan fingerprint density at radius 1 is 1.27 bits per heavy atom. The molecule has 1 N–H and O–H groups in total. The van der Waals surface area contributed by atoms with E-state index in [4.69, 9.17) is 4.74 Å². The van der Waals surface area contributed by atoms with Crippen molar-refractivity contribution in [2.45, 2.75) is 75.9 Å². The minimum absolute atomic E-state index is 0.185. The van der Waals surface area contributed by atoms with E-state index in [0.29, 0.717) is 12.8 Å². The summed E-state index contributed by atoms with van der Waals surface area (Å²) in [5.74, 6) is 0. The zero-order valence-electron chi connectivity index (χ0n) is 15.0. The average molecular weight is 372 g/mol. The van der Waals surface area contributed by atoms with Gasteiger partial charge in [0.05, 0.1) is 5.60 Å².